The van der Waals surface area contributed by atoms with Gasteiger partial charge in [-0.1, -0.05) is 31.2 Å². The molecule has 1 atom stereocenters. The maximum absolute atomic E-state index is 15.3. The molecule has 2 aromatic rings. The van der Waals surface area contributed by atoms with Crippen LogP contribution in [-0.2, 0) is 56.7 Å². The van der Waals surface area contributed by atoms with Crippen molar-refractivity contribution in [3.05, 3.63) is 81.9 Å². The normalized spacial score (nSPS) is 16.6. The van der Waals surface area contributed by atoms with Crippen molar-refractivity contribution < 1.29 is 47.3 Å². The summed E-state index contributed by atoms with van der Waals surface area (Å²) in [6.45, 7) is 4.24. The minimum absolute atomic E-state index is 0.112. The van der Waals surface area contributed by atoms with Gasteiger partial charge in [0.2, 0.25) is 18.2 Å². The number of esters is 1. The molecule has 0 aromatic heterocycles. The van der Waals surface area contributed by atoms with Gasteiger partial charge in [0.25, 0.3) is 5.91 Å². The van der Waals surface area contributed by atoms with E-state index >= 15 is 4.39 Å². The monoisotopic (exact) mass is 656 g/mol. The molecule has 0 unspecified atom stereocenters. The summed E-state index contributed by atoms with van der Waals surface area (Å²) in [5.74, 6) is -2.45. The summed E-state index contributed by atoms with van der Waals surface area (Å²) in [6, 6.07) is 9.38. The van der Waals surface area contributed by atoms with Crippen LogP contribution in [0.15, 0.2) is 53.1 Å². The Balaban J connectivity index is 1.59. The Bertz CT molecular complexity index is 1560. The van der Waals surface area contributed by atoms with Gasteiger partial charge >= 0.3 is 12.1 Å². The summed E-state index contributed by atoms with van der Waals surface area (Å²) in [7, 11) is 1.14. The molecular formula is C33H37FN2O9S. The SMILES string of the molecule is CCc1c(F)cc(/C=C/C(=O)/C(=C/C(=O)N2CCOC[C@H]2N)OCOC(=O)OC(C)(C)C(=O)OC)c2c1CSc1ccccc1C2. The molecule has 4 rings (SSSR count). The van der Waals surface area contributed by atoms with Crippen molar-refractivity contribution in [3.63, 3.8) is 0 Å². The Morgan fingerprint density at radius 3 is 2.65 bits per heavy atom. The maximum atomic E-state index is 15.3. The third kappa shape index (κ3) is 8.33. The molecular weight excluding hydrogens is 619 g/mol. The average Bonchev–Trinajstić information content (AvgIpc) is 3.22. The second-order valence-corrected chi connectivity index (χ2v) is 12.0. The lowest BCUT2D eigenvalue weighted by Crippen LogP contribution is -2.53. The molecule has 1 fully saturated rings. The zero-order chi connectivity index (χ0) is 33.4. The first-order valence-corrected chi connectivity index (χ1v) is 15.6. The number of allylic oxidation sites excluding steroid dienone is 1. The third-order valence-electron chi connectivity index (χ3n) is 7.48. The van der Waals surface area contributed by atoms with E-state index in [0.717, 1.165) is 34.8 Å². The van der Waals surface area contributed by atoms with Crippen LogP contribution in [0.1, 0.15) is 48.6 Å². The lowest BCUT2D eigenvalue weighted by molar-refractivity contribution is -0.162. The van der Waals surface area contributed by atoms with Crippen LogP contribution >= 0.6 is 11.8 Å². The second kappa shape index (κ2) is 15.4. The van der Waals surface area contributed by atoms with E-state index in [2.05, 4.69) is 4.74 Å². The molecule has 11 nitrogen and oxygen atoms in total. The molecule has 2 N–H and O–H groups in total. The predicted molar refractivity (Wildman–Crippen MR) is 167 cm³/mol. The van der Waals surface area contributed by atoms with Gasteiger partial charge in [-0.3, -0.25) is 9.59 Å². The Morgan fingerprint density at radius 1 is 1.17 bits per heavy atom. The van der Waals surface area contributed by atoms with E-state index in [4.69, 9.17) is 24.7 Å². The maximum Gasteiger partial charge on any atom is 0.512 e. The molecule has 1 saturated heterocycles. The van der Waals surface area contributed by atoms with Crippen molar-refractivity contribution in [2.75, 3.05) is 33.7 Å². The highest BCUT2D eigenvalue weighted by molar-refractivity contribution is 7.98. The van der Waals surface area contributed by atoms with Gasteiger partial charge in [0.1, 0.15) is 12.0 Å². The Kier molecular flexibility index (Phi) is 11.6. The minimum Gasteiger partial charge on any atom is -0.466 e. The third-order valence-corrected chi connectivity index (χ3v) is 8.62. The molecule has 1 amide bonds. The topological polar surface area (TPSA) is 144 Å². The lowest BCUT2D eigenvalue weighted by atomic mass is 9.90. The zero-order valence-corrected chi connectivity index (χ0v) is 26.9. The smallest absolute Gasteiger partial charge is 0.466 e. The number of hydrogen-bond acceptors (Lipinski definition) is 11. The van der Waals surface area contributed by atoms with Crippen LogP contribution in [0.5, 0.6) is 0 Å². The largest absolute Gasteiger partial charge is 0.512 e. The van der Waals surface area contributed by atoms with Crippen molar-refractivity contribution in [3.8, 4) is 0 Å². The van der Waals surface area contributed by atoms with Crippen LogP contribution < -0.4 is 5.73 Å². The van der Waals surface area contributed by atoms with E-state index in [1.54, 1.807) is 11.8 Å². The molecule has 13 heteroatoms. The molecule has 2 aromatic carbocycles. The molecule has 2 aliphatic rings. The number of thioether (sulfide) groups is 1. The molecule has 0 bridgehead atoms. The summed E-state index contributed by atoms with van der Waals surface area (Å²) in [5, 5.41) is 0. The summed E-state index contributed by atoms with van der Waals surface area (Å²) >= 11 is 1.64. The van der Waals surface area contributed by atoms with Crippen LogP contribution in [0.2, 0.25) is 0 Å². The number of carbonyl (C=O) groups is 4. The number of methoxy groups -OCH3 is 1. The van der Waals surface area contributed by atoms with Crippen molar-refractivity contribution in [2.45, 2.75) is 56.0 Å². The van der Waals surface area contributed by atoms with Gasteiger partial charge in [-0.15, -0.1) is 11.8 Å². The first kappa shape index (κ1) is 34.7. The molecule has 0 aliphatic carbocycles. The second-order valence-electron chi connectivity index (χ2n) is 11.0. The Hall–Kier alpha value is -4.20. The quantitative estimate of drug-likeness (QED) is 0.169. The van der Waals surface area contributed by atoms with E-state index in [9.17, 15) is 19.2 Å². The number of hydrogen-bond donors (Lipinski definition) is 1. The van der Waals surface area contributed by atoms with Gasteiger partial charge < -0.3 is 34.3 Å². The fourth-order valence-corrected chi connectivity index (χ4v) is 6.19. The molecule has 46 heavy (non-hydrogen) atoms. The Labute approximate surface area is 270 Å². The van der Waals surface area contributed by atoms with Crippen LogP contribution in [0.4, 0.5) is 9.18 Å². The fraction of sp³-hybridized carbons (Fsp3) is 0.394. The first-order valence-electron chi connectivity index (χ1n) is 14.6. The molecule has 0 spiro atoms. The van der Waals surface area contributed by atoms with Gasteiger partial charge in [-0.05, 0) is 72.7 Å². The van der Waals surface area contributed by atoms with Gasteiger partial charge in [0.15, 0.2) is 5.76 Å². The number of nitrogens with zero attached hydrogens (tertiary/aromatic N) is 1. The number of amides is 1. The van der Waals surface area contributed by atoms with E-state index in [1.165, 1.54) is 37.0 Å². The highest BCUT2D eigenvalue weighted by Gasteiger charge is 2.34. The number of halogens is 1. The van der Waals surface area contributed by atoms with E-state index in [-0.39, 0.29) is 25.6 Å². The molecule has 0 radical (unpaired) electrons. The fourth-order valence-electron chi connectivity index (χ4n) is 5.05. The van der Waals surface area contributed by atoms with Crippen molar-refractivity contribution in [1.82, 2.24) is 4.90 Å². The highest BCUT2D eigenvalue weighted by atomic mass is 32.2. The molecule has 246 valence electrons. The molecule has 2 heterocycles. The van der Waals surface area contributed by atoms with Crippen molar-refractivity contribution >= 4 is 41.7 Å². The van der Waals surface area contributed by atoms with Gasteiger partial charge in [-0.2, -0.15) is 0 Å². The van der Waals surface area contributed by atoms with Gasteiger partial charge in [-0.25, -0.2) is 14.0 Å². The van der Waals surface area contributed by atoms with Crippen molar-refractivity contribution in [2.24, 2.45) is 5.73 Å². The summed E-state index contributed by atoms with van der Waals surface area (Å²) in [6.07, 6.45) is 2.64. The zero-order valence-electron chi connectivity index (χ0n) is 26.1. The van der Waals surface area contributed by atoms with E-state index < -0.39 is 48.1 Å². The number of ketones is 1. The lowest BCUT2D eigenvalue weighted by Gasteiger charge is -2.32. The van der Waals surface area contributed by atoms with E-state index in [0.29, 0.717) is 29.7 Å². The van der Waals surface area contributed by atoms with Crippen LogP contribution in [0, 0.1) is 5.82 Å². The number of fused-ring (bicyclic) bond motifs is 2. The standard InChI is InChI=1S/C33H37FN2O9S/c1-5-22-24-18-46-28-9-7-6-8-21(28)14-23(24)20(15-25(22)34)10-11-26(37)27(16-30(38)36-12-13-42-17-29(36)35)43-19-44-32(40)45-33(2,3)31(39)41-4/h6-11,15-16,29H,5,12-14,17-19,35H2,1-4H3/b11-10+,27-16-/t29-/m0/s1. The molecule has 2 aliphatic heterocycles. The van der Waals surface area contributed by atoms with Crippen LogP contribution in [0.25, 0.3) is 6.08 Å². The number of benzene rings is 2. The van der Waals surface area contributed by atoms with Crippen LogP contribution in [0.3, 0.4) is 0 Å². The van der Waals surface area contributed by atoms with Crippen molar-refractivity contribution in [1.29, 1.82) is 0 Å². The molecule has 0 saturated carbocycles. The van der Waals surface area contributed by atoms with Crippen LogP contribution in [-0.4, -0.2) is 74.1 Å². The number of carbonyl (C=O) groups excluding carboxylic acids is 4. The predicted octanol–water partition coefficient (Wildman–Crippen LogP) is 4.27. The summed E-state index contributed by atoms with van der Waals surface area (Å²) in [4.78, 5) is 53.0. The van der Waals surface area contributed by atoms with E-state index in [1.807, 2.05) is 31.2 Å². The number of rotatable bonds is 10. The first-order chi connectivity index (χ1) is 21.9. The average molecular weight is 657 g/mol. The summed E-state index contributed by atoms with van der Waals surface area (Å²) in [5.41, 5.74) is 8.39. The van der Waals surface area contributed by atoms with Gasteiger partial charge in [0, 0.05) is 23.3 Å². The number of nitrogens with two attached hydrogens (primary N) is 1. The highest BCUT2D eigenvalue weighted by Crippen LogP contribution is 2.38. The Morgan fingerprint density at radius 2 is 1.93 bits per heavy atom. The number of morpholine rings is 1. The van der Waals surface area contributed by atoms with Gasteiger partial charge in [0.05, 0.1) is 20.3 Å². The summed E-state index contributed by atoms with van der Waals surface area (Å²) < 4.78 is 40.5. The number of ether oxygens (including phenoxy) is 5. The minimum atomic E-state index is -1.65.